The van der Waals surface area contributed by atoms with E-state index in [0.717, 1.165) is 49.5 Å². The van der Waals surface area contributed by atoms with E-state index in [1.54, 1.807) is 0 Å². The molecule has 0 unspecified atom stereocenters. The molecule has 18 heavy (non-hydrogen) atoms. The lowest BCUT2D eigenvalue weighted by atomic mass is 10.1. The summed E-state index contributed by atoms with van der Waals surface area (Å²) in [7, 11) is 0. The molecular weight excluding hydrogens is 226 g/mol. The SMILES string of the molecule is CCn1c(OC2CCNCC2)nc2ccccc21. The maximum absolute atomic E-state index is 6.07. The minimum atomic E-state index is 0.299. The second-order valence-corrected chi connectivity index (χ2v) is 4.69. The zero-order chi connectivity index (χ0) is 12.4. The Balaban J connectivity index is 1.90. The van der Waals surface area contributed by atoms with Crippen molar-refractivity contribution in [2.45, 2.75) is 32.4 Å². The maximum Gasteiger partial charge on any atom is 0.297 e. The van der Waals surface area contributed by atoms with Crippen molar-refractivity contribution in [3.05, 3.63) is 24.3 Å². The third-order valence-electron chi connectivity index (χ3n) is 3.49. The summed E-state index contributed by atoms with van der Waals surface area (Å²) in [6.07, 6.45) is 2.42. The second kappa shape index (κ2) is 4.98. The first-order valence-corrected chi connectivity index (χ1v) is 6.71. The Labute approximate surface area is 107 Å². The van der Waals surface area contributed by atoms with Gasteiger partial charge in [-0.05, 0) is 45.0 Å². The molecule has 0 bridgehead atoms. The van der Waals surface area contributed by atoms with Crippen LogP contribution in [-0.4, -0.2) is 28.7 Å². The van der Waals surface area contributed by atoms with E-state index >= 15 is 0 Å². The third-order valence-corrected chi connectivity index (χ3v) is 3.49. The largest absolute Gasteiger partial charge is 0.461 e. The van der Waals surface area contributed by atoms with Gasteiger partial charge < -0.3 is 10.1 Å². The van der Waals surface area contributed by atoms with E-state index < -0.39 is 0 Å². The average Bonchev–Trinajstić information content (AvgIpc) is 2.77. The molecule has 2 heterocycles. The standard InChI is InChI=1S/C14H19N3O/c1-2-17-13-6-4-3-5-12(13)16-14(17)18-11-7-9-15-10-8-11/h3-6,11,15H,2,7-10H2,1H3. The van der Waals surface area contributed by atoms with Gasteiger partial charge in [-0.1, -0.05) is 12.1 Å². The van der Waals surface area contributed by atoms with E-state index in [9.17, 15) is 0 Å². The van der Waals surface area contributed by atoms with Crippen LogP contribution in [-0.2, 0) is 6.54 Å². The zero-order valence-electron chi connectivity index (χ0n) is 10.7. The van der Waals surface area contributed by atoms with Crippen molar-refractivity contribution in [2.24, 2.45) is 0 Å². The van der Waals surface area contributed by atoms with Gasteiger partial charge >= 0.3 is 0 Å². The number of hydrogen-bond donors (Lipinski definition) is 1. The first-order chi connectivity index (χ1) is 8.88. The number of aromatic nitrogens is 2. The van der Waals surface area contributed by atoms with Crippen LogP contribution in [0.3, 0.4) is 0 Å². The number of piperidine rings is 1. The fourth-order valence-corrected chi connectivity index (χ4v) is 2.51. The topological polar surface area (TPSA) is 39.1 Å². The van der Waals surface area contributed by atoms with Crippen molar-refractivity contribution in [1.29, 1.82) is 0 Å². The second-order valence-electron chi connectivity index (χ2n) is 4.69. The minimum absolute atomic E-state index is 0.299. The molecule has 0 saturated carbocycles. The predicted octanol–water partition coefficient (Wildman–Crippen LogP) is 2.19. The molecule has 4 heteroatoms. The lowest BCUT2D eigenvalue weighted by Gasteiger charge is -2.23. The summed E-state index contributed by atoms with van der Waals surface area (Å²) < 4.78 is 8.22. The van der Waals surface area contributed by atoms with Crippen molar-refractivity contribution in [3.63, 3.8) is 0 Å². The normalized spacial score (nSPS) is 17.2. The van der Waals surface area contributed by atoms with Crippen LogP contribution in [0.15, 0.2) is 24.3 Å². The molecule has 0 aliphatic carbocycles. The quantitative estimate of drug-likeness (QED) is 0.901. The lowest BCUT2D eigenvalue weighted by molar-refractivity contribution is 0.144. The molecule has 0 amide bonds. The van der Waals surface area contributed by atoms with Gasteiger partial charge in [-0.2, -0.15) is 4.98 Å². The van der Waals surface area contributed by atoms with Gasteiger partial charge in [0.15, 0.2) is 0 Å². The summed E-state index contributed by atoms with van der Waals surface area (Å²) in [6, 6.07) is 8.97. The van der Waals surface area contributed by atoms with Crippen LogP contribution in [0.4, 0.5) is 0 Å². The smallest absolute Gasteiger partial charge is 0.297 e. The molecule has 1 fully saturated rings. The number of imidazole rings is 1. The van der Waals surface area contributed by atoms with E-state index in [4.69, 9.17) is 4.74 Å². The molecule has 0 atom stereocenters. The molecule has 1 aliphatic heterocycles. The number of aryl methyl sites for hydroxylation is 1. The van der Waals surface area contributed by atoms with E-state index in [2.05, 4.69) is 27.9 Å². The number of rotatable bonds is 3. The van der Waals surface area contributed by atoms with Crippen molar-refractivity contribution in [2.75, 3.05) is 13.1 Å². The van der Waals surface area contributed by atoms with Crippen molar-refractivity contribution >= 4 is 11.0 Å². The molecule has 1 N–H and O–H groups in total. The number of benzene rings is 1. The minimum Gasteiger partial charge on any atom is -0.461 e. The van der Waals surface area contributed by atoms with Crippen LogP contribution in [0.2, 0.25) is 0 Å². The van der Waals surface area contributed by atoms with Gasteiger partial charge in [0.1, 0.15) is 6.10 Å². The highest BCUT2D eigenvalue weighted by Crippen LogP contribution is 2.23. The van der Waals surface area contributed by atoms with Crippen LogP contribution in [0, 0.1) is 0 Å². The summed E-state index contributed by atoms with van der Waals surface area (Å²) in [5.41, 5.74) is 2.17. The first kappa shape index (κ1) is 11.5. The molecule has 0 spiro atoms. The fraction of sp³-hybridized carbons (Fsp3) is 0.500. The number of nitrogens with zero attached hydrogens (tertiary/aromatic N) is 2. The van der Waals surface area contributed by atoms with Gasteiger partial charge in [0.25, 0.3) is 6.01 Å². The summed E-state index contributed by atoms with van der Waals surface area (Å²) in [4.78, 5) is 4.60. The van der Waals surface area contributed by atoms with Crippen LogP contribution < -0.4 is 10.1 Å². The number of para-hydroxylation sites is 2. The molecule has 0 radical (unpaired) electrons. The van der Waals surface area contributed by atoms with Gasteiger partial charge in [-0.25, -0.2) is 0 Å². The van der Waals surface area contributed by atoms with Crippen LogP contribution in [0.5, 0.6) is 6.01 Å². The predicted molar refractivity (Wildman–Crippen MR) is 71.9 cm³/mol. The number of nitrogens with one attached hydrogen (secondary N) is 1. The summed E-state index contributed by atoms with van der Waals surface area (Å²) >= 11 is 0. The summed E-state index contributed by atoms with van der Waals surface area (Å²) in [6.45, 7) is 5.10. The zero-order valence-corrected chi connectivity index (χ0v) is 10.7. The Kier molecular flexibility index (Phi) is 3.19. The highest BCUT2D eigenvalue weighted by molar-refractivity contribution is 5.76. The highest BCUT2D eigenvalue weighted by atomic mass is 16.5. The molecule has 1 aliphatic rings. The third kappa shape index (κ3) is 2.08. The van der Waals surface area contributed by atoms with Gasteiger partial charge in [0.2, 0.25) is 0 Å². The van der Waals surface area contributed by atoms with E-state index in [1.165, 1.54) is 0 Å². The molecule has 3 rings (SSSR count). The van der Waals surface area contributed by atoms with E-state index in [1.807, 2.05) is 18.2 Å². The molecular formula is C14H19N3O. The lowest BCUT2D eigenvalue weighted by Crippen LogP contribution is -2.34. The molecule has 96 valence electrons. The molecule has 2 aromatic rings. The average molecular weight is 245 g/mol. The van der Waals surface area contributed by atoms with Gasteiger partial charge in [-0.3, -0.25) is 4.57 Å². The number of ether oxygens (including phenoxy) is 1. The van der Waals surface area contributed by atoms with Crippen LogP contribution in [0.1, 0.15) is 19.8 Å². The van der Waals surface area contributed by atoms with Gasteiger partial charge in [0.05, 0.1) is 11.0 Å². The van der Waals surface area contributed by atoms with Crippen LogP contribution in [0.25, 0.3) is 11.0 Å². The summed E-state index contributed by atoms with van der Waals surface area (Å²) in [5, 5.41) is 3.35. The Bertz CT molecular complexity index is 529. The fourth-order valence-electron chi connectivity index (χ4n) is 2.51. The maximum atomic E-state index is 6.07. The Morgan fingerprint density at radius 3 is 2.89 bits per heavy atom. The van der Waals surface area contributed by atoms with E-state index in [-0.39, 0.29) is 0 Å². The number of hydrogen-bond acceptors (Lipinski definition) is 3. The molecule has 1 saturated heterocycles. The highest BCUT2D eigenvalue weighted by Gasteiger charge is 2.18. The Hall–Kier alpha value is -1.55. The van der Waals surface area contributed by atoms with Crippen LogP contribution >= 0.6 is 0 Å². The Morgan fingerprint density at radius 1 is 1.33 bits per heavy atom. The van der Waals surface area contributed by atoms with Crippen molar-refractivity contribution in [1.82, 2.24) is 14.9 Å². The molecule has 4 nitrogen and oxygen atoms in total. The first-order valence-electron chi connectivity index (χ1n) is 6.71. The Morgan fingerprint density at radius 2 is 2.11 bits per heavy atom. The van der Waals surface area contributed by atoms with Crippen molar-refractivity contribution in [3.8, 4) is 6.01 Å². The summed E-state index contributed by atoms with van der Waals surface area (Å²) in [5.74, 6) is 0. The van der Waals surface area contributed by atoms with Crippen molar-refractivity contribution < 1.29 is 4.74 Å². The van der Waals surface area contributed by atoms with Gasteiger partial charge in [-0.15, -0.1) is 0 Å². The number of fused-ring (bicyclic) bond motifs is 1. The van der Waals surface area contributed by atoms with Gasteiger partial charge in [0, 0.05) is 6.54 Å². The molecule has 1 aromatic carbocycles. The monoisotopic (exact) mass is 245 g/mol. The van der Waals surface area contributed by atoms with E-state index in [0.29, 0.717) is 6.10 Å². The molecule has 1 aromatic heterocycles.